The van der Waals surface area contributed by atoms with E-state index in [-0.39, 0.29) is 18.0 Å². The Balaban J connectivity index is 1.70. The molecule has 148 valence electrons. The van der Waals surface area contributed by atoms with Crippen LogP contribution in [-0.2, 0) is 13.6 Å². The summed E-state index contributed by atoms with van der Waals surface area (Å²) in [5.74, 6) is 1.06. The minimum atomic E-state index is -0.281. The molecule has 0 aliphatic carbocycles. The highest BCUT2D eigenvalue weighted by molar-refractivity contribution is 6.07. The molecule has 0 spiro atoms. The van der Waals surface area contributed by atoms with Crippen LogP contribution >= 0.6 is 0 Å². The van der Waals surface area contributed by atoms with E-state index in [1.165, 1.54) is 0 Å². The summed E-state index contributed by atoms with van der Waals surface area (Å²) in [5, 5.41) is 4.27. The highest BCUT2D eigenvalue weighted by atomic mass is 16.5. The van der Waals surface area contributed by atoms with Crippen LogP contribution in [0.25, 0.3) is 21.8 Å². The SMILES string of the molecule is COc1ccc(OC)c(CNC(=O)c2cc3c(=O)[nH]c4ccccc4c3n2C)c1. The smallest absolute Gasteiger partial charge is 0.268 e. The van der Waals surface area contributed by atoms with Crippen molar-refractivity contribution in [3.8, 4) is 11.5 Å². The van der Waals surface area contributed by atoms with Gasteiger partial charge in [0, 0.05) is 24.5 Å². The average Bonchev–Trinajstić information content (AvgIpc) is 3.10. The van der Waals surface area contributed by atoms with Crippen LogP contribution < -0.4 is 20.3 Å². The maximum Gasteiger partial charge on any atom is 0.268 e. The van der Waals surface area contributed by atoms with Gasteiger partial charge in [0.1, 0.15) is 17.2 Å². The van der Waals surface area contributed by atoms with Crippen molar-refractivity contribution < 1.29 is 14.3 Å². The predicted octanol–water partition coefficient (Wildman–Crippen LogP) is 2.97. The maximum absolute atomic E-state index is 12.9. The van der Waals surface area contributed by atoms with Gasteiger partial charge in [-0.25, -0.2) is 0 Å². The third-order valence-corrected chi connectivity index (χ3v) is 5.07. The molecule has 1 amide bonds. The summed E-state index contributed by atoms with van der Waals surface area (Å²) in [4.78, 5) is 28.2. The lowest BCUT2D eigenvalue weighted by molar-refractivity contribution is 0.0943. The zero-order chi connectivity index (χ0) is 20.5. The van der Waals surface area contributed by atoms with Crippen LogP contribution in [0.1, 0.15) is 16.1 Å². The number of aromatic amines is 1. The van der Waals surface area contributed by atoms with Crippen LogP contribution in [0.4, 0.5) is 0 Å². The van der Waals surface area contributed by atoms with Gasteiger partial charge in [0.15, 0.2) is 0 Å². The summed E-state index contributed by atoms with van der Waals surface area (Å²) in [6.45, 7) is 0.262. The van der Waals surface area contributed by atoms with Gasteiger partial charge in [0.25, 0.3) is 11.5 Å². The molecule has 0 unspecified atom stereocenters. The fraction of sp³-hybridized carbons (Fsp3) is 0.182. The second kappa shape index (κ2) is 7.35. The number of amides is 1. The highest BCUT2D eigenvalue weighted by Crippen LogP contribution is 2.25. The van der Waals surface area contributed by atoms with Gasteiger partial charge in [0.2, 0.25) is 0 Å². The number of benzene rings is 2. The molecule has 0 radical (unpaired) electrons. The van der Waals surface area contributed by atoms with Gasteiger partial charge in [0.05, 0.1) is 30.6 Å². The van der Waals surface area contributed by atoms with Gasteiger partial charge in [-0.15, -0.1) is 0 Å². The Morgan fingerprint density at radius 1 is 1.07 bits per heavy atom. The predicted molar refractivity (Wildman–Crippen MR) is 112 cm³/mol. The van der Waals surface area contributed by atoms with Crippen molar-refractivity contribution in [1.29, 1.82) is 0 Å². The Bertz CT molecular complexity index is 1290. The molecule has 0 aliphatic rings. The molecule has 0 bridgehead atoms. The first-order valence-electron chi connectivity index (χ1n) is 9.13. The maximum atomic E-state index is 12.9. The third kappa shape index (κ3) is 3.20. The number of ether oxygens (including phenoxy) is 2. The molecule has 0 saturated heterocycles. The number of para-hydroxylation sites is 1. The van der Waals surface area contributed by atoms with Crippen molar-refractivity contribution in [3.63, 3.8) is 0 Å². The minimum absolute atomic E-state index is 0.220. The van der Waals surface area contributed by atoms with E-state index >= 15 is 0 Å². The van der Waals surface area contributed by atoms with Crippen molar-refractivity contribution in [2.24, 2.45) is 7.05 Å². The van der Waals surface area contributed by atoms with Crippen molar-refractivity contribution in [2.75, 3.05) is 14.2 Å². The number of carbonyl (C=O) groups is 1. The van der Waals surface area contributed by atoms with Gasteiger partial charge < -0.3 is 24.3 Å². The number of pyridine rings is 1. The Labute approximate surface area is 166 Å². The topological polar surface area (TPSA) is 85.3 Å². The van der Waals surface area contributed by atoms with E-state index in [9.17, 15) is 9.59 Å². The number of hydrogen-bond donors (Lipinski definition) is 2. The molecular formula is C22H21N3O4. The van der Waals surface area contributed by atoms with Crippen molar-refractivity contribution in [1.82, 2.24) is 14.9 Å². The average molecular weight is 391 g/mol. The second-order valence-corrected chi connectivity index (χ2v) is 6.71. The number of H-pyrrole nitrogens is 1. The Morgan fingerprint density at radius 3 is 2.62 bits per heavy atom. The fourth-order valence-corrected chi connectivity index (χ4v) is 3.59. The fourth-order valence-electron chi connectivity index (χ4n) is 3.59. The standard InChI is InChI=1S/C22H21N3O4/c1-25-18(11-16-20(25)15-6-4-5-7-17(15)24-21(16)26)22(27)23-12-13-10-14(28-2)8-9-19(13)29-3/h4-11H,12H2,1-3H3,(H,23,27)(H,24,26). The van der Waals surface area contributed by atoms with Crippen LogP contribution in [-0.4, -0.2) is 29.7 Å². The van der Waals surface area contributed by atoms with Crippen molar-refractivity contribution >= 4 is 27.7 Å². The summed E-state index contributed by atoms with van der Waals surface area (Å²) in [6.07, 6.45) is 0. The van der Waals surface area contributed by atoms with Crippen LogP contribution in [0.2, 0.25) is 0 Å². The van der Waals surface area contributed by atoms with E-state index in [0.717, 1.165) is 22.0 Å². The van der Waals surface area contributed by atoms with E-state index in [1.54, 1.807) is 44.0 Å². The first-order valence-corrected chi connectivity index (χ1v) is 9.13. The first-order chi connectivity index (χ1) is 14.0. The number of nitrogens with one attached hydrogen (secondary N) is 2. The molecule has 4 rings (SSSR count). The monoisotopic (exact) mass is 391 g/mol. The van der Waals surface area contributed by atoms with Gasteiger partial charge in [-0.3, -0.25) is 9.59 Å². The summed E-state index contributed by atoms with van der Waals surface area (Å²) < 4.78 is 12.4. The molecule has 0 atom stereocenters. The number of carbonyl (C=O) groups excluding carboxylic acids is 1. The van der Waals surface area contributed by atoms with Gasteiger partial charge in [-0.2, -0.15) is 0 Å². The van der Waals surface area contributed by atoms with Crippen molar-refractivity contribution in [3.05, 3.63) is 70.1 Å². The zero-order valence-electron chi connectivity index (χ0n) is 16.4. The summed E-state index contributed by atoms with van der Waals surface area (Å²) in [5.41, 5.74) is 2.45. The van der Waals surface area contributed by atoms with E-state index in [2.05, 4.69) is 10.3 Å². The number of methoxy groups -OCH3 is 2. The second-order valence-electron chi connectivity index (χ2n) is 6.71. The van der Waals surface area contributed by atoms with Crippen LogP contribution in [0, 0.1) is 0 Å². The van der Waals surface area contributed by atoms with E-state index in [0.29, 0.717) is 22.6 Å². The van der Waals surface area contributed by atoms with Gasteiger partial charge >= 0.3 is 0 Å². The minimum Gasteiger partial charge on any atom is -0.497 e. The molecule has 2 N–H and O–H groups in total. The molecule has 4 aromatic rings. The molecular weight excluding hydrogens is 370 g/mol. The third-order valence-electron chi connectivity index (χ3n) is 5.07. The first kappa shape index (κ1) is 18.6. The molecule has 2 heterocycles. The number of aromatic nitrogens is 2. The quantitative estimate of drug-likeness (QED) is 0.548. The van der Waals surface area contributed by atoms with E-state index in [1.807, 2.05) is 30.3 Å². The Kier molecular flexibility index (Phi) is 4.72. The van der Waals surface area contributed by atoms with Gasteiger partial charge in [-0.05, 0) is 30.3 Å². The van der Waals surface area contributed by atoms with E-state index in [4.69, 9.17) is 9.47 Å². The van der Waals surface area contributed by atoms with Crippen LogP contribution in [0.3, 0.4) is 0 Å². The number of nitrogens with zero attached hydrogens (tertiary/aromatic N) is 1. The number of hydrogen-bond acceptors (Lipinski definition) is 4. The highest BCUT2D eigenvalue weighted by Gasteiger charge is 2.18. The molecule has 0 saturated carbocycles. The Morgan fingerprint density at radius 2 is 1.86 bits per heavy atom. The van der Waals surface area contributed by atoms with Crippen LogP contribution in [0.5, 0.6) is 11.5 Å². The molecule has 0 fully saturated rings. The molecule has 0 aliphatic heterocycles. The number of fused-ring (bicyclic) bond motifs is 3. The molecule has 2 aromatic heterocycles. The van der Waals surface area contributed by atoms with E-state index < -0.39 is 0 Å². The number of rotatable bonds is 5. The van der Waals surface area contributed by atoms with Crippen LogP contribution in [0.15, 0.2) is 53.3 Å². The largest absolute Gasteiger partial charge is 0.497 e. The number of aryl methyl sites for hydroxylation is 1. The lowest BCUT2D eigenvalue weighted by Crippen LogP contribution is -2.25. The molecule has 7 nitrogen and oxygen atoms in total. The van der Waals surface area contributed by atoms with Gasteiger partial charge in [-0.1, -0.05) is 18.2 Å². The van der Waals surface area contributed by atoms with Crippen molar-refractivity contribution in [2.45, 2.75) is 6.54 Å². The normalized spacial score (nSPS) is 11.0. The summed E-state index contributed by atoms with van der Waals surface area (Å²) >= 11 is 0. The summed E-state index contributed by atoms with van der Waals surface area (Å²) in [7, 11) is 4.95. The summed E-state index contributed by atoms with van der Waals surface area (Å²) in [6, 6.07) is 14.6. The zero-order valence-corrected chi connectivity index (χ0v) is 16.4. The Hall–Kier alpha value is -3.74. The lowest BCUT2D eigenvalue weighted by Gasteiger charge is -2.12. The molecule has 29 heavy (non-hydrogen) atoms. The molecule has 7 heteroatoms. The molecule has 2 aromatic carbocycles. The lowest BCUT2D eigenvalue weighted by atomic mass is 10.1.